The van der Waals surface area contributed by atoms with Crippen LogP contribution in [0.15, 0.2) is 18.2 Å². The van der Waals surface area contributed by atoms with E-state index in [4.69, 9.17) is 15.3 Å². The monoisotopic (exact) mass is 296 g/mol. The topological polar surface area (TPSA) is 56.5 Å². The summed E-state index contributed by atoms with van der Waals surface area (Å²) in [7, 11) is 3.29. The number of halogens is 1. The Balaban J connectivity index is 2.43. The van der Waals surface area contributed by atoms with Gasteiger partial charge in [-0.15, -0.1) is 0 Å². The molecule has 5 heteroatoms. The minimum absolute atomic E-state index is 0.300. The van der Waals surface area contributed by atoms with Crippen molar-refractivity contribution < 1.29 is 13.9 Å². The van der Waals surface area contributed by atoms with E-state index in [0.29, 0.717) is 11.3 Å². The number of rotatable bonds is 5. The predicted octanol–water partition coefficient (Wildman–Crippen LogP) is 3.08. The number of benzene rings is 1. The fourth-order valence-corrected chi connectivity index (χ4v) is 3.39. The highest BCUT2D eigenvalue weighted by Crippen LogP contribution is 2.42. The molecule has 1 fully saturated rings. The van der Waals surface area contributed by atoms with Crippen molar-refractivity contribution in [3.63, 3.8) is 0 Å². The summed E-state index contributed by atoms with van der Waals surface area (Å²) in [5.74, 6) is 6.14. The number of nitrogens with one attached hydrogen (secondary N) is 1. The van der Waals surface area contributed by atoms with Crippen molar-refractivity contribution in [1.29, 1.82) is 0 Å². The standard InChI is InChI=1S/C16H25FN2O2/c1-20-14-8-7-12(17)11-13(14)15(19-18)16(21-2)9-5-3-4-6-10-16/h7-8,11,15,19H,3-6,9-10,18H2,1-2H3. The van der Waals surface area contributed by atoms with E-state index in [1.54, 1.807) is 20.3 Å². The first-order valence-electron chi connectivity index (χ1n) is 7.51. The lowest BCUT2D eigenvalue weighted by Gasteiger charge is -2.39. The van der Waals surface area contributed by atoms with Gasteiger partial charge in [-0.05, 0) is 31.0 Å². The maximum atomic E-state index is 13.7. The molecule has 0 spiro atoms. The van der Waals surface area contributed by atoms with Gasteiger partial charge in [0.25, 0.3) is 0 Å². The summed E-state index contributed by atoms with van der Waals surface area (Å²) in [4.78, 5) is 0. The highest BCUT2D eigenvalue weighted by molar-refractivity contribution is 5.38. The van der Waals surface area contributed by atoms with Gasteiger partial charge >= 0.3 is 0 Å². The molecule has 1 aromatic carbocycles. The third kappa shape index (κ3) is 3.36. The molecule has 118 valence electrons. The van der Waals surface area contributed by atoms with Crippen LogP contribution in [-0.2, 0) is 4.74 Å². The van der Waals surface area contributed by atoms with Crippen molar-refractivity contribution in [2.75, 3.05) is 14.2 Å². The molecule has 0 aliphatic heterocycles. The second kappa shape index (κ2) is 7.20. The average molecular weight is 296 g/mol. The van der Waals surface area contributed by atoms with Crippen LogP contribution in [0.5, 0.6) is 5.75 Å². The second-order valence-corrected chi connectivity index (χ2v) is 5.67. The molecule has 0 radical (unpaired) electrons. The Morgan fingerprint density at radius 1 is 1.19 bits per heavy atom. The Hall–Kier alpha value is -1.17. The first-order chi connectivity index (χ1) is 10.2. The molecule has 3 N–H and O–H groups in total. The molecule has 1 saturated carbocycles. The first-order valence-corrected chi connectivity index (χ1v) is 7.51. The van der Waals surface area contributed by atoms with E-state index in [0.717, 1.165) is 25.7 Å². The summed E-state index contributed by atoms with van der Waals surface area (Å²) in [5.41, 5.74) is 3.13. The first kappa shape index (κ1) is 16.2. The zero-order valence-corrected chi connectivity index (χ0v) is 12.8. The third-order valence-electron chi connectivity index (χ3n) is 4.55. The number of hydrogen-bond donors (Lipinski definition) is 2. The minimum atomic E-state index is -0.424. The summed E-state index contributed by atoms with van der Waals surface area (Å²) < 4.78 is 25.0. The number of hydrazine groups is 1. The van der Waals surface area contributed by atoms with Crippen LogP contribution in [0.2, 0.25) is 0 Å². The molecule has 1 unspecified atom stereocenters. The predicted molar refractivity (Wildman–Crippen MR) is 80.5 cm³/mol. The van der Waals surface area contributed by atoms with E-state index in [1.165, 1.54) is 25.0 Å². The minimum Gasteiger partial charge on any atom is -0.496 e. The van der Waals surface area contributed by atoms with Crippen LogP contribution < -0.4 is 16.0 Å². The SMILES string of the molecule is COc1ccc(F)cc1C(NN)C1(OC)CCCCCC1. The van der Waals surface area contributed by atoms with Crippen LogP contribution in [-0.4, -0.2) is 19.8 Å². The summed E-state index contributed by atoms with van der Waals surface area (Å²) in [6.45, 7) is 0. The Kier molecular flexibility index (Phi) is 5.56. The van der Waals surface area contributed by atoms with Crippen LogP contribution in [0.4, 0.5) is 4.39 Å². The lowest BCUT2D eigenvalue weighted by Crippen LogP contribution is -2.48. The Bertz CT molecular complexity index is 460. The van der Waals surface area contributed by atoms with Crippen LogP contribution >= 0.6 is 0 Å². The summed E-state index contributed by atoms with van der Waals surface area (Å²) in [6.07, 6.45) is 6.37. The lowest BCUT2D eigenvalue weighted by atomic mass is 9.82. The Labute approximate surface area is 125 Å². The van der Waals surface area contributed by atoms with Gasteiger partial charge in [0, 0.05) is 12.7 Å². The van der Waals surface area contributed by atoms with Crippen molar-refractivity contribution in [3.05, 3.63) is 29.6 Å². The molecule has 1 aliphatic rings. The van der Waals surface area contributed by atoms with E-state index in [2.05, 4.69) is 5.43 Å². The summed E-state index contributed by atoms with van der Waals surface area (Å²) in [6, 6.07) is 4.21. The van der Waals surface area contributed by atoms with Crippen molar-refractivity contribution in [1.82, 2.24) is 5.43 Å². The number of hydrogen-bond acceptors (Lipinski definition) is 4. The van der Waals surface area contributed by atoms with Gasteiger partial charge in [-0.25, -0.2) is 9.82 Å². The zero-order chi connectivity index (χ0) is 15.3. The lowest BCUT2D eigenvalue weighted by molar-refractivity contribution is -0.0546. The molecule has 0 saturated heterocycles. The Morgan fingerprint density at radius 3 is 2.38 bits per heavy atom. The van der Waals surface area contributed by atoms with E-state index in [-0.39, 0.29) is 11.9 Å². The molecular weight excluding hydrogens is 271 g/mol. The summed E-state index contributed by atoms with van der Waals surface area (Å²) in [5, 5.41) is 0. The average Bonchev–Trinajstić information content (AvgIpc) is 2.75. The van der Waals surface area contributed by atoms with Gasteiger partial charge in [0.2, 0.25) is 0 Å². The van der Waals surface area contributed by atoms with Gasteiger partial charge in [0.15, 0.2) is 0 Å². The van der Waals surface area contributed by atoms with Gasteiger partial charge in [0.05, 0.1) is 18.8 Å². The molecule has 0 aromatic heterocycles. The largest absolute Gasteiger partial charge is 0.496 e. The number of methoxy groups -OCH3 is 2. The molecule has 1 atom stereocenters. The van der Waals surface area contributed by atoms with E-state index in [1.807, 2.05) is 0 Å². The molecule has 21 heavy (non-hydrogen) atoms. The Morgan fingerprint density at radius 2 is 1.86 bits per heavy atom. The van der Waals surface area contributed by atoms with Gasteiger partial charge in [-0.2, -0.15) is 0 Å². The van der Waals surface area contributed by atoms with Crippen molar-refractivity contribution in [3.8, 4) is 5.75 Å². The molecule has 0 amide bonds. The normalized spacial score (nSPS) is 19.8. The van der Waals surface area contributed by atoms with Crippen LogP contribution in [0.1, 0.15) is 50.1 Å². The molecule has 1 aromatic rings. The maximum Gasteiger partial charge on any atom is 0.124 e. The number of ether oxygens (including phenoxy) is 2. The molecular formula is C16H25FN2O2. The molecule has 0 heterocycles. The van der Waals surface area contributed by atoms with Crippen LogP contribution in [0.25, 0.3) is 0 Å². The molecule has 4 nitrogen and oxygen atoms in total. The van der Waals surface area contributed by atoms with Crippen molar-refractivity contribution in [2.24, 2.45) is 5.84 Å². The van der Waals surface area contributed by atoms with Gasteiger partial charge in [-0.3, -0.25) is 5.84 Å². The molecule has 0 bridgehead atoms. The molecule has 1 aliphatic carbocycles. The fourth-order valence-electron chi connectivity index (χ4n) is 3.39. The van der Waals surface area contributed by atoms with Gasteiger partial charge < -0.3 is 9.47 Å². The quantitative estimate of drug-likeness (QED) is 0.498. The maximum absolute atomic E-state index is 13.7. The molecule has 2 rings (SSSR count). The van der Waals surface area contributed by atoms with Crippen LogP contribution in [0, 0.1) is 5.82 Å². The van der Waals surface area contributed by atoms with E-state index < -0.39 is 5.60 Å². The highest BCUT2D eigenvalue weighted by Gasteiger charge is 2.41. The second-order valence-electron chi connectivity index (χ2n) is 5.67. The van der Waals surface area contributed by atoms with E-state index in [9.17, 15) is 4.39 Å². The van der Waals surface area contributed by atoms with Gasteiger partial charge in [0.1, 0.15) is 11.6 Å². The van der Waals surface area contributed by atoms with Gasteiger partial charge in [-0.1, -0.05) is 25.7 Å². The van der Waals surface area contributed by atoms with Crippen molar-refractivity contribution in [2.45, 2.75) is 50.2 Å². The fraction of sp³-hybridized carbons (Fsp3) is 0.625. The third-order valence-corrected chi connectivity index (χ3v) is 4.55. The summed E-state index contributed by atoms with van der Waals surface area (Å²) >= 11 is 0. The smallest absolute Gasteiger partial charge is 0.124 e. The van der Waals surface area contributed by atoms with Crippen LogP contribution in [0.3, 0.4) is 0 Å². The zero-order valence-electron chi connectivity index (χ0n) is 12.8. The highest BCUT2D eigenvalue weighted by atomic mass is 19.1. The van der Waals surface area contributed by atoms with E-state index >= 15 is 0 Å². The number of nitrogens with two attached hydrogens (primary N) is 1. The van der Waals surface area contributed by atoms with Crippen molar-refractivity contribution >= 4 is 0 Å².